The number of anilines is 1. The van der Waals surface area contributed by atoms with Crippen molar-refractivity contribution in [1.29, 1.82) is 0 Å². The smallest absolute Gasteiger partial charge is 0.378 e. The van der Waals surface area contributed by atoms with Gasteiger partial charge in [0.25, 0.3) is 0 Å². The second-order valence-corrected chi connectivity index (χ2v) is 6.81. The van der Waals surface area contributed by atoms with Crippen molar-refractivity contribution in [1.82, 2.24) is 10.6 Å². The predicted molar refractivity (Wildman–Crippen MR) is 108 cm³/mol. The van der Waals surface area contributed by atoms with Crippen LogP contribution in [0.2, 0.25) is 0 Å². The Morgan fingerprint density at radius 2 is 1.70 bits per heavy atom. The lowest BCUT2D eigenvalue weighted by molar-refractivity contribution is -0.138. The molecule has 30 heavy (non-hydrogen) atoms. The van der Waals surface area contributed by atoms with Crippen molar-refractivity contribution in [3.8, 4) is 0 Å². The summed E-state index contributed by atoms with van der Waals surface area (Å²) in [5.41, 5.74) is 1.07. The summed E-state index contributed by atoms with van der Waals surface area (Å²) >= 11 is 0. The topological polar surface area (TPSA) is 48.9 Å². The summed E-state index contributed by atoms with van der Waals surface area (Å²) in [5.74, 6) is -0.572. The van der Waals surface area contributed by atoms with E-state index in [1.165, 1.54) is 0 Å². The molecule has 0 amide bonds. The van der Waals surface area contributed by atoms with Gasteiger partial charge in [-0.1, -0.05) is 24.3 Å². The molecule has 162 valence electrons. The summed E-state index contributed by atoms with van der Waals surface area (Å²) in [4.78, 5) is 6.32. The molecule has 1 saturated heterocycles. The molecule has 0 saturated carbocycles. The summed E-state index contributed by atoms with van der Waals surface area (Å²) in [6, 6.07) is 10.6. The van der Waals surface area contributed by atoms with Crippen LogP contribution in [0.15, 0.2) is 47.5 Å². The number of benzene rings is 2. The number of halogens is 4. The Balaban J connectivity index is 1.64. The minimum absolute atomic E-state index is 0.0550. The van der Waals surface area contributed by atoms with E-state index in [0.29, 0.717) is 31.8 Å². The highest BCUT2D eigenvalue weighted by atomic mass is 19.4. The number of nitrogens with one attached hydrogen (secondary N) is 2. The van der Waals surface area contributed by atoms with E-state index in [9.17, 15) is 17.6 Å². The lowest BCUT2D eigenvalue weighted by atomic mass is 10.1. The SMILES string of the molecule is CN=C(NCc1ccccc1N1CCOCC1)NCc1ccc(F)cc1C(F)(F)F. The molecule has 1 heterocycles. The maximum Gasteiger partial charge on any atom is 0.416 e. The van der Waals surface area contributed by atoms with Gasteiger partial charge in [-0.2, -0.15) is 13.2 Å². The van der Waals surface area contributed by atoms with E-state index in [4.69, 9.17) is 4.74 Å². The van der Waals surface area contributed by atoms with Crippen LogP contribution in [0.3, 0.4) is 0 Å². The van der Waals surface area contributed by atoms with Crippen molar-refractivity contribution in [2.75, 3.05) is 38.3 Å². The number of ether oxygens (including phenoxy) is 1. The minimum atomic E-state index is -4.63. The predicted octanol–water partition coefficient (Wildman–Crippen LogP) is 3.55. The number of hydrogen-bond acceptors (Lipinski definition) is 3. The van der Waals surface area contributed by atoms with E-state index in [1.54, 1.807) is 7.05 Å². The standard InChI is InChI=1S/C21H24F4N4O/c1-26-20(27-13-15-6-7-17(22)12-18(15)21(23,24)25)28-14-16-4-2-3-5-19(16)29-8-10-30-11-9-29/h2-7,12H,8-11,13-14H2,1H3,(H2,26,27,28). The van der Waals surface area contributed by atoms with Crippen molar-refractivity contribution in [2.45, 2.75) is 19.3 Å². The molecule has 0 unspecified atom stereocenters. The van der Waals surface area contributed by atoms with Gasteiger partial charge in [-0.25, -0.2) is 4.39 Å². The molecule has 2 aromatic carbocycles. The molecular formula is C21H24F4N4O. The third-order valence-corrected chi connectivity index (χ3v) is 4.84. The largest absolute Gasteiger partial charge is 0.416 e. The number of morpholine rings is 1. The third-order valence-electron chi connectivity index (χ3n) is 4.84. The van der Waals surface area contributed by atoms with Crippen LogP contribution < -0.4 is 15.5 Å². The fourth-order valence-corrected chi connectivity index (χ4v) is 3.32. The molecule has 0 spiro atoms. The quantitative estimate of drug-likeness (QED) is 0.438. The van der Waals surface area contributed by atoms with Crippen LogP contribution in [0.4, 0.5) is 23.2 Å². The molecule has 0 bridgehead atoms. The Kier molecular flexibility index (Phi) is 7.15. The first-order valence-corrected chi connectivity index (χ1v) is 9.59. The van der Waals surface area contributed by atoms with Gasteiger partial charge in [-0.15, -0.1) is 0 Å². The van der Waals surface area contributed by atoms with Gasteiger partial charge in [0.05, 0.1) is 18.8 Å². The fourth-order valence-electron chi connectivity index (χ4n) is 3.32. The zero-order valence-corrected chi connectivity index (χ0v) is 16.6. The maximum absolute atomic E-state index is 13.3. The van der Waals surface area contributed by atoms with Gasteiger partial charge in [0.1, 0.15) is 5.82 Å². The molecule has 1 aliphatic rings. The second kappa shape index (κ2) is 9.80. The van der Waals surface area contributed by atoms with E-state index >= 15 is 0 Å². The average molecular weight is 424 g/mol. The average Bonchev–Trinajstić information content (AvgIpc) is 2.75. The van der Waals surface area contributed by atoms with E-state index < -0.39 is 17.6 Å². The highest BCUT2D eigenvalue weighted by molar-refractivity contribution is 5.79. The molecule has 9 heteroatoms. The number of nitrogens with zero attached hydrogens (tertiary/aromatic N) is 2. The van der Waals surface area contributed by atoms with Crippen LogP contribution >= 0.6 is 0 Å². The molecule has 1 fully saturated rings. The lowest BCUT2D eigenvalue weighted by Crippen LogP contribution is -2.39. The van der Waals surface area contributed by atoms with Gasteiger partial charge < -0.3 is 20.3 Å². The number of rotatable bonds is 5. The van der Waals surface area contributed by atoms with Crippen LogP contribution in [-0.4, -0.2) is 39.3 Å². The van der Waals surface area contributed by atoms with Crippen LogP contribution in [-0.2, 0) is 24.0 Å². The Morgan fingerprint density at radius 3 is 2.37 bits per heavy atom. The van der Waals surface area contributed by atoms with E-state index in [1.807, 2.05) is 24.3 Å². The van der Waals surface area contributed by atoms with Gasteiger partial charge >= 0.3 is 6.18 Å². The van der Waals surface area contributed by atoms with Crippen molar-refractivity contribution < 1.29 is 22.3 Å². The van der Waals surface area contributed by atoms with Crippen molar-refractivity contribution in [3.63, 3.8) is 0 Å². The van der Waals surface area contributed by atoms with E-state index in [-0.39, 0.29) is 12.1 Å². The molecule has 3 rings (SSSR count). The third kappa shape index (κ3) is 5.63. The summed E-state index contributed by atoms with van der Waals surface area (Å²) in [5, 5.41) is 6.00. The number of guanidine groups is 1. The highest BCUT2D eigenvalue weighted by Crippen LogP contribution is 2.32. The first-order valence-electron chi connectivity index (χ1n) is 9.59. The van der Waals surface area contributed by atoms with Gasteiger partial charge in [-0.05, 0) is 29.3 Å². The summed E-state index contributed by atoms with van der Waals surface area (Å²) in [6.45, 7) is 3.25. The van der Waals surface area contributed by atoms with Gasteiger partial charge in [0, 0.05) is 38.9 Å². The number of hydrogen-bond donors (Lipinski definition) is 2. The maximum atomic E-state index is 13.3. The molecule has 1 aliphatic heterocycles. The zero-order valence-electron chi connectivity index (χ0n) is 16.6. The first-order chi connectivity index (χ1) is 14.4. The Morgan fingerprint density at radius 1 is 1.03 bits per heavy atom. The monoisotopic (exact) mass is 424 g/mol. The number of aliphatic imine (C=N–C) groups is 1. The fraction of sp³-hybridized carbons (Fsp3) is 0.381. The molecule has 0 aliphatic carbocycles. The Hall–Kier alpha value is -2.81. The van der Waals surface area contributed by atoms with Crippen LogP contribution in [0.25, 0.3) is 0 Å². The number of alkyl halides is 3. The van der Waals surface area contributed by atoms with Crippen molar-refractivity contribution in [2.24, 2.45) is 4.99 Å². The Bertz CT molecular complexity index is 880. The second-order valence-electron chi connectivity index (χ2n) is 6.81. The summed E-state index contributed by atoms with van der Waals surface area (Å²) in [6.07, 6.45) is -4.63. The van der Waals surface area contributed by atoms with Gasteiger partial charge in [0.15, 0.2) is 5.96 Å². The normalized spacial score (nSPS) is 15.2. The number of para-hydroxylation sites is 1. The van der Waals surface area contributed by atoms with Crippen LogP contribution in [0.5, 0.6) is 0 Å². The Labute approximate surface area is 172 Å². The van der Waals surface area contributed by atoms with Crippen molar-refractivity contribution >= 4 is 11.6 Å². The molecular weight excluding hydrogens is 400 g/mol. The molecule has 2 N–H and O–H groups in total. The van der Waals surface area contributed by atoms with Gasteiger partial charge in [0.2, 0.25) is 0 Å². The van der Waals surface area contributed by atoms with E-state index in [2.05, 4.69) is 20.5 Å². The molecule has 0 aromatic heterocycles. The first kappa shape index (κ1) is 21.9. The summed E-state index contributed by atoms with van der Waals surface area (Å²) < 4.78 is 58.2. The van der Waals surface area contributed by atoms with Crippen LogP contribution in [0.1, 0.15) is 16.7 Å². The molecule has 0 atom stereocenters. The summed E-state index contributed by atoms with van der Waals surface area (Å²) in [7, 11) is 1.54. The minimum Gasteiger partial charge on any atom is -0.378 e. The molecule has 5 nitrogen and oxygen atoms in total. The van der Waals surface area contributed by atoms with E-state index in [0.717, 1.165) is 36.5 Å². The van der Waals surface area contributed by atoms with Gasteiger partial charge in [-0.3, -0.25) is 4.99 Å². The van der Waals surface area contributed by atoms with Crippen molar-refractivity contribution in [3.05, 3.63) is 65.0 Å². The molecule has 0 radical (unpaired) electrons. The lowest BCUT2D eigenvalue weighted by Gasteiger charge is -2.30. The highest BCUT2D eigenvalue weighted by Gasteiger charge is 2.33. The van der Waals surface area contributed by atoms with Crippen LogP contribution in [0, 0.1) is 5.82 Å². The zero-order chi connectivity index (χ0) is 21.6. The molecule has 2 aromatic rings.